The zero-order valence-corrected chi connectivity index (χ0v) is 17.9. The first-order chi connectivity index (χ1) is 12.7. The Labute approximate surface area is 177 Å². The largest absolute Gasteiger partial charge is 0.497 e. The van der Waals surface area contributed by atoms with E-state index >= 15 is 0 Å². The number of nitrogens with zero attached hydrogens (tertiary/aromatic N) is 2. The lowest BCUT2D eigenvalue weighted by Gasteiger charge is -2.19. The minimum Gasteiger partial charge on any atom is -0.497 e. The molecule has 0 atom stereocenters. The van der Waals surface area contributed by atoms with Gasteiger partial charge in [-0.05, 0) is 35.7 Å². The molecule has 0 saturated heterocycles. The molecule has 1 aliphatic rings. The number of nitrogens with one attached hydrogen (secondary N) is 2. The minimum atomic E-state index is 0. The van der Waals surface area contributed by atoms with Crippen LogP contribution in [0.1, 0.15) is 11.1 Å². The molecule has 1 aliphatic heterocycles. The van der Waals surface area contributed by atoms with Crippen LogP contribution in [0.15, 0.2) is 53.5 Å². The lowest BCUT2D eigenvalue weighted by Crippen LogP contribution is -2.44. The van der Waals surface area contributed by atoms with Crippen LogP contribution in [0.5, 0.6) is 5.75 Å². The van der Waals surface area contributed by atoms with Gasteiger partial charge in [0.1, 0.15) is 5.75 Å². The van der Waals surface area contributed by atoms with E-state index in [0.717, 1.165) is 30.0 Å². The van der Waals surface area contributed by atoms with Crippen LogP contribution in [0.3, 0.4) is 0 Å². The molecule has 2 aromatic carbocycles. The Morgan fingerprint density at radius 3 is 2.59 bits per heavy atom. The molecule has 3 rings (SSSR count). The van der Waals surface area contributed by atoms with E-state index in [1.807, 2.05) is 47.4 Å². The normalized spacial score (nSPS) is 12.8. The Hall–Kier alpha value is -2.29. The number of aliphatic imine (C=N–C) groups is 1. The Morgan fingerprint density at radius 2 is 1.89 bits per heavy atom. The van der Waals surface area contributed by atoms with E-state index in [4.69, 9.17) is 4.74 Å². The van der Waals surface area contributed by atoms with Crippen LogP contribution in [-0.4, -0.2) is 39.1 Å². The van der Waals surface area contributed by atoms with Crippen LogP contribution < -0.4 is 20.3 Å². The van der Waals surface area contributed by atoms with Crippen molar-refractivity contribution in [1.82, 2.24) is 10.6 Å². The number of methoxy groups -OCH3 is 1. The van der Waals surface area contributed by atoms with Gasteiger partial charge in [0, 0.05) is 25.8 Å². The Kier molecular flexibility index (Phi) is 7.90. The van der Waals surface area contributed by atoms with Crippen LogP contribution in [0.4, 0.5) is 5.69 Å². The molecule has 6 nitrogen and oxygen atoms in total. The first kappa shape index (κ1) is 21.0. The first-order valence-electron chi connectivity index (χ1n) is 8.67. The van der Waals surface area contributed by atoms with Gasteiger partial charge in [0.15, 0.2) is 5.96 Å². The van der Waals surface area contributed by atoms with Gasteiger partial charge in [-0.3, -0.25) is 9.79 Å². The summed E-state index contributed by atoms with van der Waals surface area (Å²) in [6.45, 7) is 1.55. The quantitative estimate of drug-likeness (QED) is 0.393. The predicted octanol–water partition coefficient (Wildman–Crippen LogP) is 2.57. The Bertz CT molecular complexity index is 793. The smallest absolute Gasteiger partial charge is 0.246 e. The van der Waals surface area contributed by atoms with Crippen LogP contribution >= 0.6 is 24.0 Å². The SMILES string of the molecule is CN=C(NCC(=O)N1CCc2ccccc21)NCc1ccc(OC)cc1.I. The van der Waals surface area contributed by atoms with E-state index in [0.29, 0.717) is 12.5 Å². The number of anilines is 1. The monoisotopic (exact) mass is 480 g/mol. The number of carbonyl (C=O) groups excluding carboxylic acids is 1. The fourth-order valence-electron chi connectivity index (χ4n) is 3.00. The maximum atomic E-state index is 12.5. The molecular formula is C20H25IN4O2. The lowest BCUT2D eigenvalue weighted by atomic mass is 10.2. The van der Waals surface area contributed by atoms with E-state index in [-0.39, 0.29) is 36.4 Å². The predicted molar refractivity (Wildman–Crippen MR) is 119 cm³/mol. The van der Waals surface area contributed by atoms with Crippen molar-refractivity contribution in [3.8, 4) is 5.75 Å². The van der Waals surface area contributed by atoms with Gasteiger partial charge in [-0.15, -0.1) is 24.0 Å². The standard InChI is InChI=1S/C20H24N4O2.HI/c1-21-20(22-13-15-7-9-17(26-2)10-8-15)23-14-19(25)24-12-11-16-5-3-4-6-18(16)24;/h3-10H,11-14H2,1-2H3,(H2,21,22,23);1H. The summed E-state index contributed by atoms with van der Waals surface area (Å²) in [6.07, 6.45) is 0.909. The van der Waals surface area contributed by atoms with Crippen LogP contribution in [0, 0.1) is 0 Å². The average Bonchev–Trinajstić information content (AvgIpc) is 3.12. The molecule has 0 fully saturated rings. The zero-order valence-electron chi connectivity index (χ0n) is 15.6. The van der Waals surface area contributed by atoms with E-state index in [9.17, 15) is 4.79 Å². The molecule has 0 aliphatic carbocycles. The molecule has 0 aromatic heterocycles. The molecule has 0 saturated carbocycles. The molecule has 0 bridgehead atoms. The summed E-state index contributed by atoms with van der Waals surface area (Å²) in [4.78, 5) is 18.6. The number of fused-ring (bicyclic) bond motifs is 1. The number of para-hydroxylation sites is 1. The summed E-state index contributed by atoms with van der Waals surface area (Å²) in [5.74, 6) is 1.47. The second-order valence-electron chi connectivity index (χ2n) is 6.05. The number of halogens is 1. The van der Waals surface area contributed by atoms with Crippen LogP contribution in [-0.2, 0) is 17.8 Å². The van der Waals surface area contributed by atoms with Gasteiger partial charge in [0.05, 0.1) is 13.7 Å². The van der Waals surface area contributed by atoms with Crippen molar-refractivity contribution in [2.75, 3.05) is 32.1 Å². The van der Waals surface area contributed by atoms with E-state index in [2.05, 4.69) is 21.7 Å². The van der Waals surface area contributed by atoms with Crippen LogP contribution in [0.2, 0.25) is 0 Å². The summed E-state index contributed by atoms with van der Waals surface area (Å²) < 4.78 is 5.16. The fraction of sp³-hybridized carbons (Fsp3) is 0.300. The molecule has 2 N–H and O–H groups in total. The second kappa shape index (κ2) is 10.1. The highest BCUT2D eigenvalue weighted by atomic mass is 127. The van der Waals surface area contributed by atoms with Crippen molar-refractivity contribution < 1.29 is 9.53 Å². The number of amides is 1. The van der Waals surface area contributed by atoms with Gasteiger partial charge in [-0.25, -0.2) is 0 Å². The van der Waals surface area contributed by atoms with Gasteiger partial charge < -0.3 is 20.3 Å². The average molecular weight is 480 g/mol. The number of guanidine groups is 1. The molecule has 0 radical (unpaired) electrons. The Balaban J connectivity index is 0.00000261. The zero-order chi connectivity index (χ0) is 18.4. The second-order valence-corrected chi connectivity index (χ2v) is 6.05. The van der Waals surface area contributed by atoms with Crippen molar-refractivity contribution >= 4 is 41.5 Å². The summed E-state index contributed by atoms with van der Waals surface area (Å²) in [7, 11) is 3.34. The highest BCUT2D eigenvalue weighted by Gasteiger charge is 2.23. The van der Waals surface area contributed by atoms with Crippen molar-refractivity contribution in [1.29, 1.82) is 0 Å². The van der Waals surface area contributed by atoms with Gasteiger partial charge in [0.25, 0.3) is 0 Å². The number of carbonyl (C=O) groups is 1. The highest BCUT2D eigenvalue weighted by molar-refractivity contribution is 14.0. The third-order valence-corrected chi connectivity index (χ3v) is 4.44. The van der Waals surface area contributed by atoms with E-state index in [1.165, 1.54) is 5.56 Å². The van der Waals surface area contributed by atoms with Gasteiger partial charge in [-0.2, -0.15) is 0 Å². The van der Waals surface area contributed by atoms with Gasteiger partial charge in [-0.1, -0.05) is 30.3 Å². The number of hydrogen-bond acceptors (Lipinski definition) is 3. The molecule has 0 unspecified atom stereocenters. The lowest BCUT2D eigenvalue weighted by molar-refractivity contribution is -0.117. The summed E-state index contributed by atoms with van der Waals surface area (Å²) in [6, 6.07) is 15.9. The topological polar surface area (TPSA) is 66.0 Å². The summed E-state index contributed by atoms with van der Waals surface area (Å²) in [5.41, 5.74) is 3.34. The summed E-state index contributed by atoms with van der Waals surface area (Å²) in [5, 5.41) is 6.31. The van der Waals surface area contributed by atoms with Crippen molar-refractivity contribution in [3.63, 3.8) is 0 Å². The number of rotatable bonds is 5. The highest BCUT2D eigenvalue weighted by Crippen LogP contribution is 2.27. The third kappa shape index (κ3) is 5.35. The molecular weight excluding hydrogens is 455 g/mol. The first-order valence-corrected chi connectivity index (χ1v) is 8.67. The fourth-order valence-corrected chi connectivity index (χ4v) is 3.00. The van der Waals surface area contributed by atoms with E-state index in [1.54, 1.807) is 14.2 Å². The number of hydrogen-bond donors (Lipinski definition) is 2. The molecule has 7 heteroatoms. The van der Waals surface area contributed by atoms with Gasteiger partial charge in [0.2, 0.25) is 5.91 Å². The van der Waals surface area contributed by atoms with Crippen molar-refractivity contribution in [3.05, 3.63) is 59.7 Å². The summed E-state index contributed by atoms with van der Waals surface area (Å²) >= 11 is 0. The number of ether oxygens (including phenoxy) is 1. The third-order valence-electron chi connectivity index (χ3n) is 4.44. The Morgan fingerprint density at radius 1 is 1.15 bits per heavy atom. The molecule has 1 amide bonds. The maximum absolute atomic E-state index is 12.5. The maximum Gasteiger partial charge on any atom is 0.246 e. The minimum absolute atomic E-state index is 0. The van der Waals surface area contributed by atoms with E-state index < -0.39 is 0 Å². The van der Waals surface area contributed by atoms with Crippen LogP contribution in [0.25, 0.3) is 0 Å². The van der Waals surface area contributed by atoms with Gasteiger partial charge >= 0.3 is 0 Å². The molecule has 27 heavy (non-hydrogen) atoms. The van der Waals surface area contributed by atoms with Crippen molar-refractivity contribution in [2.45, 2.75) is 13.0 Å². The molecule has 2 aromatic rings. The molecule has 0 spiro atoms. The van der Waals surface area contributed by atoms with Crippen molar-refractivity contribution in [2.24, 2.45) is 4.99 Å². The molecule has 1 heterocycles. The number of benzene rings is 2. The molecule has 144 valence electrons.